The number of carboxylic acids is 1. The van der Waals surface area contributed by atoms with Crippen LogP contribution in [-0.2, 0) is 0 Å². The summed E-state index contributed by atoms with van der Waals surface area (Å²) in [7, 11) is 0. The molecule has 0 unspecified atom stereocenters. The number of aryl methyl sites for hydroxylation is 1. The number of hydrogen-bond acceptors (Lipinski definition) is 4. The van der Waals surface area contributed by atoms with Crippen LogP contribution < -0.4 is 4.90 Å². The zero-order valence-electron chi connectivity index (χ0n) is 10.1. The van der Waals surface area contributed by atoms with Crippen molar-refractivity contribution in [2.45, 2.75) is 6.92 Å². The van der Waals surface area contributed by atoms with Crippen LogP contribution in [0.15, 0.2) is 29.9 Å². The third-order valence-corrected chi connectivity index (χ3v) is 2.44. The lowest BCUT2D eigenvalue weighted by Gasteiger charge is -2.20. The number of anilines is 1. The van der Waals surface area contributed by atoms with Gasteiger partial charge in [-0.05, 0) is 6.92 Å². The molecule has 0 fully saturated rings. The average Bonchev–Trinajstić information content (AvgIpc) is 2.27. The Hall–Kier alpha value is -1.69. The second kappa shape index (κ2) is 6.30. The van der Waals surface area contributed by atoms with Gasteiger partial charge in [-0.1, -0.05) is 28.6 Å². The van der Waals surface area contributed by atoms with E-state index in [4.69, 9.17) is 5.11 Å². The maximum absolute atomic E-state index is 10.9. The lowest BCUT2D eigenvalue weighted by atomic mass is 10.2. The molecule has 1 rings (SSSR count). The highest BCUT2D eigenvalue weighted by Crippen LogP contribution is 2.14. The van der Waals surface area contributed by atoms with Crippen LogP contribution in [0.5, 0.6) is 0 Å². The fraction of sp³-hybridized carbons (Fsp3) is 0.250. The number of rotatable bonds is 6. The molecule has 0 aromatic carbocycles. The minimum Gasteiger partial charge on any atom is -0.478 e. The van der Waals surface area contributed by atoms with Gasteiger partial charge in [-0.2, -0.15) is 0 Å². The van der Waals surface area contributed by atoms with E-state index in [1.807, 2.05) is 4.90 Å². The summed E-state index contributed by atoms with van der Waals surface area (Å²) in [6, 6.07) is 0. The lowest BCUT2D eigenvalue weighted by Crippen LogP contribution is -2.27. The first-order chi connectivity index (χ1) is 8.45. The number of nitrogens with zero attached hydrogens (tertiary/aromatic N) is 3. The summed E-state index contributed by atoms with van der Waals surface area (Å²) >= 11 is 3.28. The molecule has 0 saturated carbocycles. The molecule has 0 saturated heterocycles. The van der Waals surface area contributed by atoms with E-state index in [1.54, 1.807) is 13.0 Å². The molecule has 0 spiro atoms. The molecule has 96 valence electrons. The van der Waals surface area contributed by atoms with Crippen molar-refractivity contribution in [3.05, 3.63) is 41.2 Å². The molecule has 0 atom stereocenters. The monoisotopic (exact) mass is 311 g/mol. The molecule has 0 amide bonds. The first-order valence-electron chi connectivity index (χ1n) is 5.21. The van der Waals surface area contributed by atoms with Crippen molar-refractivity contribution in [1.82, 2.24) is 9.97 Å². The van der Waals surface area contributed by atoms with E-state index in [0.29, 0.717) is 24.7 Å². The second-order valence-electron chi connectivity index (χ2n) is 3.66. The summed E-state index contributed by atoms with van der Waals surface area (Å²) in [5, 5.41) is 8.91. The summed E-state index contributed by atoms with van der Waals surface area (Å²) in [6.07, 6.45) is 3.03. The first kappa shape index (κ1) is 14.4. The van der Waals surface area contributed by atoms with E-state index in [2.05, 4.69) is 39.1 Å². The number of hydrogen-bond donors (Lipinski definition) is 1. The largest absolute Gasteiger partial charge is 0.478 e. The van der Waals surface area contributed by atoms with Crippen molar-refractivity contribution in [3.8, 4) is 0 Å². The molecule has 6 heteroatoms. The van der Waals surface area contributed by atoms with Crippen molar-refractivity contribution in [3.63, 3.8) is 0 Å². The van der Waals surface area contributed by atoms with Gasteiger partial charge in [0.15, 0.2) is 0 Å². The predicted octanol–water partition coefficient (Wildman–Crippen LogP) is 2.38. The molecule has 1 heterocycles. The molecule has 5 nitrogen and oxygen atoms in total. The quantitative estimate of drug-likeness (QED) is 0.817. The van der Waals surface area contributed by atoms with Crippen LogP contribution in [0.4, 0.5) is 5.95 Å². The van der Waals surface area contributed by atoms with Crippen LogP contribution in [-0.4, -0.2) is 34.1 Å². The molecule has 1 aromatic rings. The van der Waals surface area contributed by atoms with Gasteiger partial charge < -0.3 is 10.0 Å². The Morgan fingerprint density at radius 2 is 2.33 bits per heavy atom. The minimum absolute atomic E-state index is 0.106. The van der Waals surface area contributed by atoms with Crippen molar-refractivity contribution in [1.29, 1.82) is 0 Å². The number of halogens is 1. The van der Waals surface area contributed by atoms with Crippen LogP contribution >= 0.6 is 15.9 Å². The molecule has 0 bridgehead atoms. The van der Waals surface area contributed by atoms with Gasteiger partial charge in [0.25, 0.3) is 0 Å². The van der Waals surface area contributed by atoms with Crippen LogP contribution in [0.2, 0.25) is 0 Å². The molecular weight excluding hydrogens is 298 g/mol. The topological polar surface area (TPSA) is 66.3 Å². The zero-order valence-corrected chi connectivity index (χ0v) is 11.6. The highest BCUT2D eigenvalue weighted by atomic mass is 79.9. The van der Waals surface area contributed by atoms with Gasteiger partial charge in [0.2, 0.25) is 5.95 Å². The molecule has 0 radical (unpaired) electrons. The van der Waals surface area contributed by atoms with Gasteiger partial charge in [0, 0.05) is 17.2 Å². The summed E-state index contributed by atoms with van der Waals surface area (Å²) in [6.45, 7) is 10.1. The van der Waals surface area contributed by atoms with E-state index in [9.17, 15) is 4.79 Å². The first-order valence-corrected chi connectivity index (χ1v) is 6.01. The van der Waals surface area contributed by atoms with Gasteiger partial charge in [-0.25, -0.2) is 14.8 Å². The third kappa shape index (κ3) is 3.66. The van der Waals surface area contributed by atoms with Crippen molar-refractivity contribution >= 4 is 27.8 Å². The molecule has 1 N–H and O–H groups in total. The maximum Gasteiger partial charge on any atom is 0.339 e. The molecule has 1 aromatic heterocycles. The summed E-state index contributed by atoms with van der Waals surface area (Å²) in [5.41, 5.74) is 0.539. The smallest absolute Gasteiger partial charge is 0.339 e. The number of aromatic nitrogens is 2. The van der Waals surface area contributed by atoms with E-state index < -0.39 is 5.97 Å². The molecule has 18 heavy (non-hydrogen) atoms. The molecule has 0 aliphatic rings. The minimum atomic E-state index is -1.03. The van der Waals surface area contributed by atoms with Crippen LogP contribution in [0, 0.1) is 6.92 Å². The Kier molecular flexibility index (Phi) is 5.03. The van der Waals surface area contributed by atoms with E-state index >= 15 is 0 Å². The Labute approximate surface area is 114 Å². The standard InChI is InChI=1S/C12H14BrN3O2/c1-4-5-16(7-8(2)13)12-14-6-10(11(17)18)9(3)15-12/h4,6H,1-2,5,7H2,3H3,(H,17,18). The number of carboxylic acid groups (broad SMARTS) is 1. The highest BCUT2D eigenvalue weighted by Gasteiger charge is 2.13. The Morgan fingerprint density at radius 1 is 1.67 bits per heavy atom. The van der Waals surface area contributed by atoms with E-state index in [-0.39, 0.29) is 5.56 Å². The highest BCUT2D eigenvalue weighted by molar-refractivity contribution is 9.11. The molecule has 0 aliphatic carbocycles. The fourth-order valence-corrected chi connectivity index (χ4v) is 1.70. The Bertz CT molecular complexity index is 488. The number of aromatic carboxylic acids is 1. The van der Waals surface area contributed by atoms with Gasteiger partial charge in [0.1, 0.15) is 0 Å². The summed E-state index contributed by atoms with van der Waals surface area (Å²) < 4.78 is 0.785. The van der Waals surface area contributed by atoms with Gasteiger partial charge in [-0.15, -0.1) is 6.58 Å². The molecule has 0 aliphatic heterocycles. The lowest BCUT2D eigenvalue weighted by molar-refractivity contribution is 0.0695. The second-order valence-corrected chi connectivity index (χ2v) is 4.78. The van der Waals surface area contributed by atoms with Gasteiger partial charge in [-0.3, -0.25) is 0 Å². The Morgan fingerprint density at radius 3 is 2.78 bits per heavy atom. The normalized spacial score (nSPS) is 9.89. The predicted molar refractivity (Wildman–Crippen MR) is 74.2 cm³/mol. The van der Waals surface area contributed by atoms with Crippen LogP contribution in [0.25, 0.3) is 0 Å². The van der Waals surface area contributed by atoms with Crippen LogP contribution in [0.1, 0.15) is 16.1 Å². The van der Waals surface area contributed by atoms with Crippen LogP contribution in [0.3, 0.4) is 0 Å². The molecular formula is C12H14BrN3O2. The Balaban J connectivity index is 3.06. The SMILES string of the molecule is C=CCN(CC(=C)Br)c1ncc(C(=O)O)c(C)n1. The maximum atomic E-state index is 10.9. The van der Waals surface area contributed by atoms with Crippen molar-refractivity contribution in [2.24, 2.45) is 0 Å². The van der Waals surface area contributed by atoms with E-state index in [1.165, 1.54) is 6.20 Å². The van der Waals surface area contributed by atoms with Crippen molar-refractivity contribution in [2.75, 3.05) is 18.0 Å². The number of carbonyl (C=O) groups is 1. The van der Waals surface area contributed by atoms with Crippen molar-refractivity contribution < 1.29 is 9.90 Å². The summed E-state index contributed by atoms with van der Waals surface area (Å²) in [5.74, 6) is -0.572. The van der Waals surface area contributed by atoms with E-state index in [0.717, 1.165) is 4.48 Å². The van der Waals surface area contributed by atoms with Gasteiger partial charge >= 0.3 is 5.97 Å². The average molecular weight is 312 g/mol. The van der Waals surface area contributed by atoms with Gasteiger partial charge in [0.05, 0.1) is 17.8 Å². The fourth-order valence-electron chi connectivity index (χ4n) is 1.40. The third-order valence-electron chi connectivity index (χ3n) is 2.19. The zero-order chi connectivity index (χ0) is 13.7. The summed E-state index contributed by atoms with van der Waals surface area (Å²) in [4.78, 5) is 21.0.